The van der Waals surface area contributed by atoms with Crippen LogP contribution in [0, 0.1) is 15.9 Å². The van der Waals surface area contributed by atoms with E-state index in [9.17, 15) is 14.5 Å². The first kappa shape index (κ1) is 14.0. The summed E-state index contributed by atoms with van der Waals surface area (Å²) in [6.07, 6.45) is 2.96. The van der Waals surface area contributed by atoms with E-state index in [1.807, 2.05) is 13.0 Å². The van der Waals surface area contributed by atoms with Crippen LogP contribution in [0.4, 0.5) is 15.8 Å². The predicted octanol–water partition coefficient (Wildman–Crippen LogP) is 3.76. The molecule has 0 spiro atoms. The summed E-state index contributed by atoms with van der Waals surface area (Å²) in [5, 5.41) is 13.7. The van der Waals surface area contributed by atoms with Crippen molar-refractivity contribution in [1.82, 2.24) is 0 Å². The molecule has 0 aliphatic rings. The van der Waals surface area contributed by atoms with Gasteiger partial charge in [-0.15, -0.1) is 0 Å². The van der Waals surface area contributed by atoms with E-state index in [1.165, 1.54) is 18.2 Å². The fraction of sp³-hybridized carbons (Fsp3) is 0.286. The molecule has 2 rings (SSSR count). The lowest BCUT2D eigenvalue weighted by molar-refractivity contribution is -0.384. The number of furan rings is 1. The van der Waals surface area contributed by atoms with Crippen LogP contribution in [0.5, 0.6) is 0 Å². The van der Waals surface area contributed by atoms with Crippen molar-refractivity contribution in [3.8, 4) is 0 Å². The van der Waals surface area contributed by atoms with E-state index in [-0.39, 0.29) is 17.4 Å². The quantitative estimate of drug-likeness (QED) is 0.645. The Kier molecular flexibility index (Phi) is 4.34. The molecule has 1 N–H and O–H groups in total. The fourth-order valence-electron chi connectivity index (χ4n) is 1.94. The van der Waals surface area contributed by atoms with Crippen molar-refractivity contribution in [1.29, 1.82) is 0 Å². The Balaban J connectivity index is 2.03. The summed E-state index contributed by atoms with van der Waals surface area (Å²) in [6.45, 7) is 1.85. The average Bonchev–Trinajstić information content (AvgIpc) is 2.91. The molecular formula is C14H15FN2O3. The minimum absolute atomic E-state index is 0.0653. The van der Waals surface area contributed by atoms with E-state index in [2.05, 4.69) is 5.32 Å². The van der Waals surface area contributed by atoms with Gasteiger partial charge in [0, 0.05) is 18.5 Å². The maximum absolute atomic E-state index is 13.7. The topological polar surface area (TPSA) is 68.3 Å². The highest BCUT2D eigenvalue weighted by Crippen LogP contribution is 2.28. The lowest BCUT2D eigenvalue weighted by Gasteiger charge is -2.15. The van der Waals surface area contributed by atoms with Gasteiger partial charge in [-0.3, -0.25) is 10.1 Å². The van der Waals surface area contributed by atoms with Crippen LogP contribution in [0.3, 0.4) is 0 Å². The highest BCUT2D eigenvalue weighted by atomic mass is 19.1. The smallest absolute Gasteiger partial charge is 0.295 e. The molecule has 106 valence electrons. The second-order valence-corrected chi connectivity index (χ2v) is 4.55. The Morgan fingerprint density at radius 1 is 1.40 bits per heavy atom. The summed E-state index contributed by atoms with van der Waals surface area (Å²) < 4.78 is 18.9. The Morgan fingerprint density at radius 3 is 2.85 bits per heavy atom. The van der Waals surface area contributed by atoms with Crippen LogP contribution >= 0.6 is 0 Å². The number of hydrogen-bond donors (Lipinski definition) is 1. The molecule has 0 aliphatic carbocycles. The van der Waals surface area contributed by atoms with Gasteiger partial charge in [0.15, 0.2) is 5.82 Å². The van der Waals surface area contributed by atoms with Gasteiger partial charge >= 0.3 is 0 Å². The standard InChI is InChI=1S/C14H15FN2O3/c1-10(7-8-11-4-3-9-20-11)16-14-12(15)5-2-6-13(14)17(18)19/h2-6,9-10,16H,7-8H2,1H3. The first-order chi connectivity index (χ1) is 9.58. The number of aryl methyl sites for hydroxylation is 1. The number of rotatable bonds is 6. The van der Waals surface area contributed by atoms with Gasteiger partial charge in [-0.2, -0.15) is 0 Å². The lowest BCUT2D eigenvalue weighted by atomic mass is 10.1. The average molecular weight is 278 g/mol. The van der Waals surface area contributed by atoms with Gasteiger partial charge in [0.25, 0.3) is 5.69 Å². The fourth-order valence-corrected chi connectivity index (χ4v) is 1.94. The highest BCUT2D eigenvalue weighted by molar-refractivity contribution is 5.62. The third-order valence-corrected chi connectivity index (χ3v) is 2.98. The van der Waals surface area contributed by atoms with E-state index >= 15 is 0 Å². The van der Waals surface area contributed by atoms with Gasteiger partial charge in [0.2, 0.25) is 0 Å². The molecule has 1 atom stereocenters. The van der Waals surface area contributed by atoms with Gasteiger partial charge in [-0.1, -0.05) is 6.07 Å². The molecule has 0 fully saturated rings. The number of nitro benzene ring substituents is 1. The molecule has 0 saturated heterocycles. The molecule has 1 aromatic carbocycles. The molecule has 1 aromatic heterocycles. The maximum Gasteiger partial charge on any atom is 0.295 e. The molecule has 0 saturated carbocycles. The molecule has 6 heteroatoms. The zero-order valence-electron chi connectivity index (χ0n) is 11.0. The maximum atomic E-state index is 13.7. The summed E-state index contributed by atoms with van der Waals surface area (Å²) in [5.41, 5.74) is -0.320. The van der Waals surface area contributed by atoms with Crippen LogP contribution in [0.15, 0.2) is 41.0 Å². The summed E-state index contributed by atoms with van der Waals surface area (Å²) in [4.78, 5) is 10.3. The third kappa shape index (κ3) is 3.34. The van der Waals surface area contributed by atoms with Crippen LogP contribution < -0.4 is 5.32 Å². The molecule has 1 heterocycles. The molecular weight excluding hydrogens is 263 g/mol. The van der Waals surface area contributed by atoms with E-state index in [4.69, 9.17) is 4.42 Å². The van der Waals surface area contributed by atoms with Crippen LogP contribution in [-0.2, 0) is 6.42 Å². The van der Waals surface area contributed by atoms with Crippen molar-refractivity contribution < 1.29 is 13.7 Å². The number of anilines is 1. The molecule has 0 aliphatic heterocycles. The van der Waals surface area contributed by atoms with Crippen molar-refractivity contribution >= 4 is 11.4 Å². The van der Waals surface area contributed by atoms with Gasteiger partial charge in [-0.25, -0.2) is 4.39 Å². The highest BCUT2D eigenvalue weighted by Gasteiger charge is 2.19. The van der Waals surface area contributed by atoms with E-state index in [1.54, 1.807) is 12.3 Å². The Bertz CT molecular complexity index is 584. The summed E-state index contributed by atoms with van der Waals surface area (Å²) in [5.74, 6) is 0.214. The van der Waals surface area contributed by atoms with Crippen LogP contribution in [0.2, 0.25) is 0 Å². The number of hydrogen-bond acceptors (Lipinski definition) is 4. The van der Waals surface area contributed by atoms with Crippen molar-refractivity contribution in [3.05, 3.63) is 58.3 Å². The molecule has 0 bridgehead atoms. The van der Waals surface area contributed by atoms with Gasteiger partial charge in [0.05, 0.1) is 11.2 Å². The van der Waals surface area contributed by atoms with Gasteiger partial charge in [-0.05, 0) is 31.5 Å². The third-order valence-electron chi connectivity index (χ3n) is 2.98. The molecule has 2 aromatic rings. The normalized spacial score (nSPS) is 12.1. The minimum atomic E-state index is -0.621. The first-order valence-electron chi connectivity index (χ1n) is 6.29. The monoisotopic (exact) mass is 278 g/mol. The largest absolute Gasteiger partial charge is 0.469 e. The molecule has 0 amide bonds. The summed E-state index contributed by atoms with van der Waals surface area (Å²) in [6, 6.07) is 7.36. The number of nitrogens with one attached hydrogen (secondary N) is 1. The van der Waals surface area contributed by atoms with E-state index < -0.39 is 10.7 Å². The lowest BCUT2D eigenvalue weighted by Crippen LogP contribution is -2.17. The minimum Gasteiger partial charge on any atom is -0.469 e. The van der Waals surface area contributed by atoms with Crippen molar-refractivity contribution in [2.45, 2.75) is 25.8 Å². The van der Waals surface area contributed by atoms with Crippen molar-refractivity contribution in [2.24, 2.45) is 0 Å². The summed E-state index contributed by atoms with van der Waals surface area (Å²) in [7, 11) is 0. The molecule has 0 radical (unpaired) electrons. The zero-order chi connectivity index (χ0) is 14.5. The van der Waals surface area contributed by atoms with E-state index in [0.29, 0.717) is 12.8 Å². The summed E-state index contributed by atoms with van der Waals surface area (Å²) >= 11 is 0. The number of nitrogens with zero attached hydrogens (tertiary/aromatic N) is 1. The predicted molar refractivity (Wildman–Crippen MR) is 73.2 cm³/mol. The van der Waals surface area contributed by atoms with Crippen molar-refractivity contribution in [2.75, 3.05) is 5.32 Å². The number of halogens is 1. The Morgan fingerprint density at radius 2 is 2.20 bits per heavy atom. The Hall–Kier alpha value is -2.37. The second-order valence-electron chi connectivity index (χ2n) is 4.55. The van der Waals surface area contributed by atoms with Gasteiger partial charge < -0.3 is 9.73 Å². The van der Waals surface area contributed by atoms with Crippen LogP contribution in [-0.4, -0.2) is 11.0 Å². The zero-order valence-corrected chi connectivity index (χ0v) is 11.0. The van der Waals surface area contributed by atoms with E-state index in [0.717, 1.165) is 5.76 Å². The number of benzene rings is 1. The second kappa shape index (κ2) is 6.18. The SMILES string of the molecule is CC(CCc1ccco1)Nc1c(F)cccc1[N+](=O)[O-]. The van der Waals surface area contributed by atoms with Crippen LogP contribution in [0.1, 0.15) is 19.1 Å². The molecule has 5 nitrogen and oxygen atoms in total. The van der Waals surface area contributed by atoms with Crippen LogP contribution in [0.25, 0.3) is 0 Å². The number of nitro groups is 1. The first-order valence-corrected chi connectivity index (χ1v) is 6.29. The molecule has 1 unspecified atom stereocenters. The van der Waals surface area contributed by atoms with Crippen molar-refractivity contribution in [3.63, 3.8) is 0 Å². The number of para-hydroxylation sites is 1. The Labute approximate surface area is 115 Å². The van der Waals surface area contributed by atoms with Gasteiger partial charge in [0.1, 0.15) is 11.4 Å². The molecule has 20 heavy (non-hydrogen) atoms.